The van der Waals surface area contributed by atoms with E-state index in [1.54, 1.807) is 4.52 Å². The lowest BCUT2D eigenvalue weighted by atomic mass is 9.86. The standard InChI is InChI=1S/C19H25N5O/c1-12-6-4-5-7-17(12)23-18(25)9-8-16-13(2)22-19-15(10-20)11-21-24(19)14(16)3/h11-12,17H,4-9H2,1-3H3,(H,23,25)/t12-,17+/m1/s1. The highest BCUT2D eigenvalue weighted by molar-refractivity contribution is 5.76. The van der Waals surface area contributed by atoms with Gasteiger partial charge in [-0.1, -0.05) is 19.8 Å². The smallest absolute Gasteiger partial charge is 0.220 e. The monoisotopic (exact) mass is 339 g/mol. The highest BCUT2D eigenvalue weighted by Crippen LogP contribution is 2.24. The lowest BCUT2D eigenvalue weighted by Crippen LogP contribution is -2.41. The predicted molar refractivity (Wildman–Crippen MR) is 95.1 cm³/mol. The second-order valence-electron chi connectivity index (χ2n) is 7.10. The van der Waals surface area contributed by atoms with Crippen molar-refractivity contribution >= 4 is 11.6 Å². The molecule has 1 amide bonds. The number of aromatic nitrogens is 3. The van der Waals surface area contributed by atoms with Crippen LogP contribution in [-0.2, 0) is 11.2 Å². The molecule has 1 saturated carbocycles. The van der Waals surface area contributed by atoms with E-state index < -0.39 is 0 Å². The van der Waals surface area contributed by atoms with Crippen LogP contribution in [0.2, 0.25) is 0 Å². The van der Waals surface area contributed by atoms with E-state index in [0.29, 0.717) is 36.0 Å². The molecule has 1 aliphatic carbocycles. The molecule has 1 N–H and O–H groups in total. The molecule has 2 heterocycles. The maximum atomic E-state index is 12.4. The number of amides is 1. The SMILES string of the molecule is Cc1nc2c(C#N)cnn2c(C)c1CCC(=O)N[C@H]1CCCC[C@H]1C. The van der Waals surface area contributed by atoms with E-state index in [9.17, 15) is 4.79 Å². The van der Waals surface area contributed by atoms with Crippen molar-refractivity contribution in [2.75, 3.05) is 0 Å². The van der Waals surface area contributed by atoms with Crippen molar-refractivity contribution in [1.82, 2.24) is 19.9 Å². The normalized spacial score (nSPS) is 20.4. The van der Waals surface area contributed by atoms with Crippen molar-refractivity contribution < 1.29 is 4.79 Å². The van der Waals surface area contributed by atoms with Crippen LogP contribution in [0.3, 0.4) is 0 Å². The van der Waals surface area contributed by atoms with Gasteiger partial charge in [0.25, 0.3) is 0 Å². The molecule has 0 aliphatic heterocycles. The molecule has 0 aromatic carbocycles. The fraction of sp³-hybridized carbons (Fsp3) is 0.579. The van der Waals surface area contributed by atoms with Gasteiger partial charge < -0.3 is 5.32 Å². The van der Waals surface area contributed by atoms with E-state index in [0.717, 1.165) is 23.4 Å². The first kappa shape index (κ1) is 17.4. The Morgan fingerprint density at radius 3 is 2.88 bits per heavy atom. The molecule has 0 radical (unpaired) electrons. The predicted octanol–water partition coefficient (Wildman–Crippen LogP) is 2.85. The molecule has 132 valence electrons. The van der Waals surface area contributed by atoms with Crippen molar-refractivity contribution in [3.05, 3.63) is 28.7 Å². The number of hydrogen-bond acceptors (Lipinski definition) is 4. The quantitative estimate of drug-likeness (QED) is 0.928. The Morgan fingerprint density at radius 1 is 1.40 bits per heavy atom. The summed E-state index contributed by atoms with van der Waals surface area (Å²) < 4.78 is 1.70. The molecule has 3 rings (SSSR count). The average molecular weight is 339 g/mol. The molecular weight excluding hydrogens is 314 g/mol. The number of carbonyl (C=O) groups is 1. The first-order chi connectivity index (χ1) is 12.0. The molecule has 2 atom stereocenters. The van der Waals surface area contributed by atoms with Crippen molar-refractivity contribution in [3.8, 4) is 6.07 Å². The zero-order valence-electron chi connectivity index (χ0n) is 15.2. The number of aryl methyl sites for hydroxylation is 2. The topological polar surface area (TPSA) is 83.1 Å². The van der Waals surface area contributed by atoms with E-state index in [-0.39, 0.29) is 5.91 Å². The number of fused-ring (bicyclic) bond motifs is 1. The zero-order chi connectivity index (χ0) is 18.0. The van der Waals surface area contributed by atoms with Gasteiger partial charge in [0.15, 0.2) is 5.65 Å². The maximum Gasteiger partial charge on any atom is 0.220 e. The van der Waals surface area contributed by atoms with Gasteiger partial charge in [0.05, 0.1) is 6.20 Å². The third-order valence-electron chi connectivity index (χ3n) is 5.39. The van der Waals surface area contributed by atoms with Crippen LogP contribution in [0.25, 0.3) is 5.65 Å². The molecule has 1 fully saturated rings. The van der Waals surface area contributed by atoms with Crippen molar-refractivity contribution in [3.63, 3.8) is 0 Å². The molecular formula is C19H25N5O. The summed E-state index contributed by atoms with van der Waals surface area (Å²) in [4.78, 5) is 16.9. The summed E-state index contributed by atoms with van der Waals surface area (Å²) in [5.74, 6) is 0.670. The van der Waals surface area contributed by atoms with Crippen LogP contribution in [0.4, 0.5) is 0 Å². The molecule has 0 bridgehead atoms. The van der Waals surface area contributed by atoms with Gasteiger partial charge in [-0.3, -0.25) is 4.79 Å². The van der Waals surface area contributed by atoms with Gasteiger partial charge in [0.1, 0.15) is 11.6 Å². The lowest BCUT2D eigenvalue weighted by Gasteiger charge is -2.29. The first-order valence-corrected chi connectivity index (χ1v) is 9.04. The van der Waals surface area contributed by atoms with Crippen LogP contribution in [0.15, 0.2) is 6.20 Å². The Morgan fingerprint density at radius 2 is 2.16 bits per heavy atom. The number of nitriles is 1. The third-order valence-corrected chi connectivity index (χ3v) is 5.39. The highest BCUT2D eigenvalue weighted by atomic mass is 16.1. The van der Waals surface area contributed by atoms with E-state index >= 15 is 0 Å². The number of nitrogens with zero attached hydrogens (tertiary/aromatic N) is 4. The minimum atomic E-state index is 0.107. The summed E-state index contributed by atoms with van der Waals surface area (Å²) in [6.45, 7) is 6.12. The largest absolute Gasteiger partial charge is 0.353 e. The second kappa shape index (κ2) is 7.22. The molecule has 25 heavy (non-hydrogen) atoms. The second-order valence-corrected chi connectivity index (χ2v) is 7.10. The van der Waals surface area contributed by atoms with Crippen LogP contribution in [-0.4, -0.2) is 26.5 Å². The first-order valence-electron chi connectivity index (χ1n) is 9.04. The number of carbonyl (C=O) groups excluding carboxylic acids is 1. The molecule has 0 unspecified atom stereocenters. The van der Waals surface area contributed by atoms with Gasteiger partial charge in [-0.25, -0.2) is 9.50 Å². The fourth-order valence-electron chi connectivity index (χ4n) is 3.80. The van der Waals surface area contributed by atoms with Gasteiger partial charge in [-0.2, -0.15) is 10.4 Å². The van der Waals surface area contributed by atoms with Crippen molar-refractivity contribution in [2.45, 2.75) is 65.3 Å². The van der Waals surface area contributed by atoms with Crippen LogP contribution in [0, 0.1) is 31.1 Å². The highest BCUT2D eigenvalue weighted by Gasteiger charge is 2.23. The summed E-state index contributed by atoms with van der Waals surface area (Å²) in [7, 11) is 0. The third kappa shape index (κ3) is 3.51. The minimum Gasteiger partial charge on any atom is -0.353 e. The Balaban J connectivity index is 1.70. The summed E-state index contributed by atoms with van der Waals surface area (Å²) >= 11 is 0. The molecule has 2 aromatic heterocycles. The molecule has 1 aliphatic rings. The van der Waals surface area contributed by atoms with E-state index in [1.165, 1.54) is 25.5 Å². The number of nitrogens with one attached hydrogen (secondary N) is 1. The maximum absolute atomic E-state index is 12.4. The van der Waals surface area contributed by atoms with Gasteiger partial charge in [-0.15, -0.1) is 0 Å². The fourth-order valence-corrected chi connectivity index (χ4v) is 3.80. The van der Waals surface area contributed by atoms with Gasteiger partial charge in [0, 0.05) is 23.9 Å². The lowest BCUT2D eigenvalue weighted by molar-refractivity contribution is -0.122. The van der Waals surface area contributed by atoms with Gasteiger partial charge in [-0.05, 0) is 44.6 Å². The van der Waals surface area contributed by atoms with Crippen LogP contribution >= 0.6 is 0 Å². The number of hydrogen-bond donors (Lipinski definition) is 1. The Bertz CT molecular complexity index is 832. The molecule has 6 heteroatoms. The average Bonchev–Trinajstić information content (AvgIpc) is 2.99. The molecule has 0 saturated heterocycles. The number of rotatable bonds is 4. The Labute approximate surface area is 148 Å². The molecule has 0 spiro atoms. The van der Waals surface area contributed by atoms with E-state index in [2.05, 4.69) is 28.4 Å². The van der Waals surface area contributed by atoms with E-state index in [1.807, 2.05) is 13.8 Å². The van der Waals surface area contributed by atoms with Gasteiger partial charge in [0.2, 0.25) is 5.91 Å². The van der Waals surface area contributed by atoms with Crippen molar-refractivity contribution in [2.24, 2.45) is 5.92 Å². The summed E-state index contributed by atoms with van der Waals surface area (Å²) in [5.41, 5.74) is 3.90. The Hall–Kier alpha value is -2.42. The zero-order valence-corrected chi connectivity index (χ0v) is 15.2. The minimum absolute atomic E-state index is 0.107. The Kier molecular flexibility index (Phi) is 5.03. The van der Waals surface area contributed by atoms with E-state index in [4.69, 9.17) is 5.26 Å². The summed E-state index contributed by atoms with van der Waals surface area (Å²) in [5, 5.41) is 16.6. The van der Waals surface area contributed by atoms with Gasteiger partial charge >= 0.3 is 0 Å². The van der Waals surface area contributed by atoms with Crippen LogP contribution < -0.4 is 5.32 Å². The molecule has 6 nitrogen and oxygen atoms in total. The van der Waals surface area contributed by atoms with Crippen molar-refractivity contribution in [1.29, 1.82) is 5.26 Å². The summed E-state index contributed by atoms with van der Waals surface area (Å²) in [6, 6.07) is 2.43. The summed E-state index contributed by atoms with van der Waals surface area (Å²) in [6.07, 6.45) is 7.38. The van der Waals surface area contributed by atoms with Crippen LogP contribution in [0.5, 0.6) is 0 Å². The van der Waals surface area contributed by atoms with Crippen LogP contribution in [0.1, 0.15) is 61.5 Å². The molecule has 2 aromatic rings.